The molecule has 1 rings (SSSR count). The fourth-order valence-electron chi connectivity index (χ4n) is 1.66. The first-order valence-electron chi connectivity index (χ1n) is 6.38. The van der Waals surface area contributed by atoms with Gasteiger partial charge in [0, 0.05) is 18.6 Å². The van der Waals surface area contributed by atoms with Crippen LogP contribution in [0, 0.1) is 0 Å². The van der Waals surface area contributed by atoms with E-state index in [4.69, 9.17) is 4.74 Å². The van der Waals surface area contributed by atoms with Gasteiger partial charge >= 0.3 is 0 Å². The third kappa shape index (κ3) is 5.46. The van der Waals surface area contributed by atoms with E-state index in [9.17, 15) is 0 Å². The van der Waals surface area contributed by atoms with Gasteiger partial charge in [0.1, 0.15) is 10.7 Å². The number of unbranched alkanes of at least 4 members (excludes halogenated alkanes) is 3. The largest absolute Gasteiger partial charge is 0.377 e. The lowest BCUT2D eigenvalue weighted by atomic mass is 10.1. The predicted octanol–water partition coefficient (Wildman–Crippen LogP) is 3.46. The minimum atomic E-state index is 0.304. The van der Waals surface area contributed by atoms with E-state index < -0.39 is 0 Å². The van der Waals surface area contributed by atoms with Crippen molar-refractivity contribution < 1.29 is 4.74 Å². The van der Waals surface area contributed by atoms with E-state index in [0.29, 0.717) is 12.7 Å². The zero-order chi connectivity index (χ0) is 12.5. The molecule has 1 heterocycles. The van der Waals surface area contributed by atoms with Crippen LogP contribution in [0.1, 0.15) is 51.6 Å². The second-order valence-electron chi connectivity index (χ2n) is 4.27. The summed E-state index contributed by atoms with van der Waals surface area (Å²) in [6.07, 6.45) is 6.61. The SMILES string of the molecule is CCCCCCC(C)OCc1nnsc1NC. The van der Waals surface area contributed by atoms with Gasteiger partial charge in [-0.25, -0.2) is 0 Å². The van der Waals surface area contributed by atoms with Gasteiger partial charge in [0.05, 0.1) is 12.7 Å². The van der Waals surface area contributed by atoms with Crippen LogP contribution < -0.4 is 5.32 Å². The number of nitrogens with zero attached hydrogens (tertiary/aromatic N) is 2. The van der Waals surface area contributed by atoms with E-state index >= 15 is 0 Å². The maximum atomic E-state index is 5.77. The molecule has 0 bridgehead atoms. The van der Waals surface area contributed by atoms with E-state index in [1.165, 1.54) is 37.2 Å². The maximum Gasteiger partial charge on any atom is 0.135 e. The molecule has 4 nitrogen and oxygen atoms in total. The van der Waals surface area contributed by atoms with Crippen LogP contribution in [0.2, 0.25) is 0 Å². The number of hydrogen-bond acceptors (Lipinski definition) is 5. The number of anilines is 1. The molecule has 0 aromatic carbocycles. The number of ether oxygens (including phenoxy) is 1. The summed E-state index contributed by atoms with van der Waals surface area (Å²) in [6.45, 7) is 4.92. The molecule has 17 heavy (non-hydrogen) atoms. The molecule has 0 radical (unpaired) electrons. The molecule has 0 spiro atoms. The summed E-state index contributed by atoms with van der Waals surface area (Å²) in [6, 6.07) is 0. The van der Waals surface area contributed by atoms with E-state index in [-0.39, 0.29) is 0 Å². The Morgan fingerprint density at radius 3 is 2.88 bits per heavy atom. The first-order chi connectivity index (χ1) is 8.27. The molecule has 0 amide bonds. The van der Waals surface area contributed by atoms with Gasteiger partial charge in [-0.3, -0.25) is 0 Å². The quantitative estimate of drug-likeness (QED) is 0.688. The van der Waals surface area contributed by atoms with Crippen molar-refractivity contribution in [2.75, 3.05) is 12.4 Å². The highest BCUT2D eigenvalue weighted by Crippen LogP contribution is 2.18. The van der Waals surface area contributed by atoms with E-state index in [2.05, 4.69) is 28.8 Å². The number of nitrogens with one attached hydrogen (secondary N) is 1. The molecule has 0 aliphatic carbocycles. The molecule has 1 aromatic heterocycles. The topological polar surface area (TPSA) is 47.0 Å². The Kier molecular flexibility index (Phi) is 7.12. The summed E-state index contributed by atoms with van der Waals surface area (Å²) in [4.78, 5) is 0. The summed E-state index contributed by atoms with van der Waals surface area (Å²) in [5.74, 6) is 0. The van der Waals surface area contributed by atoms with Gasteiger partial charge in [-0.1, -0.05) is 37.1 Å². The maximum absolute atomic E-state index is 5.77. The van der Waals surface area contributed by atoms with E-state index in [0.717, 1.165) is 17.1 Å². The van der Waals surface area contributed by atoms with Gasteiger partial charge in [0.2, 0.25) is 0 Å². The lowest BCUT2D eigenvalue weighted by molar-refractivity contribution is 0.0443. The molecule has 1 N–H and O–H groups in total. The van der Waals surface area contributed by atoms with Crippen LogP contribution in [-0.2, 0) is 11.3 Å². The first kappa shape index (κ1) is 14.4. The van der Waals surface area contributed by atoms with Crippen molar-refractivity contribution in [1.82, 2.24) is 9.59 Å². The van der Waals surface area contributed by atoms with Crippen LogP contribution >= 0.6 is 11.5 Å². The van der Waals surface area contributed by atoms with Crippen molar-refractivity contribution in [3.05, 3.63) is 5.69 Å². The highest BCUT2D eigenvalue weighted by molar-refractivity contribution is 7.10. The summed E-state index contributed by atoms with van der Waals surface area (Å²) in [5, 5.41) is 8.13. The lowest BCUT2D eigenvalue weighted by Crippen LogP contribution is -2.09. The third-order valence-electron chi connectivity index (χ3n) is 2.75. The average Bonchev–Trinajstić information content (AvgIpc) is 2.79. The molecule has 0 saturated heterocycles. The Morgan fingerprint density at radius 1 is 1.35 bits per heavy atom. The minimum Gasteiger partial charge on any atom is -0.377 e. The van der Waals surface area contributed by atoms with Crippen LogP contribution in [0.5, 0.6) is 0 Å². The van der Waals surface area contributed by atoms with Crippen LogP contribution in [-0.4, -0.2) is 22.7 Å². The van der Waals surface area contributed by atoms with Crippen LogP contribution in [0.15, 0.2) is 0 Å². The molecular weight excluding hydrogens is 234 g/mol. The molecule has 1 atom stereocenters. The predicted molar refractivity (Wildman–Crippen MR) is 72.5 cm³/mol. The Bertz CT molecular complexity index is 304. The molecule has 1 aromatic rings. The van der Waals surface area contributed by atoms with Crippen molar-refractivity contribution in [3.8, 4) is 0 Å². The molecule has 1 unspecified atom stereocenters. The van der Waals surface area contributed by atoms with Gasteiger partial charge in [0.25, 0.3) is 0 Å². The Morgan fingerprint density at radius 2 is 2.18 bits per heavy atom. The number of aromatic nitrogens is 2. The molecule has 98 valence electrons. The highest BCUT2D eigenvalue weighted by Gasteiger charge is 2.08. The van der Waals surface area contributed by atoms with E-state index in [1.54, 1.807) is 0 Å². The Balaban J connectivity index is 2.17. The molecule has 0 fully saturated rings. The summed E-state index contributed by atoms with van der Waals surface area (Å²) < 4.78 is 9.68. The zero-order valence-electron chi connectivity index (χ0n) is 11.0. The fourth-order valence-corrected chi connectivity index (χ4v) is 2.17. The summed E-state index contributed by atoms with van der Waals surface area (Å²) in [5.41, 5.74) is 0.915. The number of hydrogen-bond donors (Lipinski definition) is 1. The van der Waals surface area contributed by atoms with Gasteiger partial charge < -0.3 is 10.1 Å². The fraction of sp³-hybridized carbons (Fsp3) is 0.833. The summed E-state index contributed by atoms with van der Waals surface area (Å²) >= 11 is 1.37. The van der Waals surface area contributed by atoms with E-state index in [1.807, 2.05) is 7.05 Å². The van der Waals surface area contributed by atoms with Crippen molar-refractivity contribution in [3.63, 3.8) is 0 Å². The van der Waals surface area contributed by atoms with Crippen molar-refractivity contribution in [2.45, 2.75) is 58.7 Å². The molecule has 0 saturated carbocycles. The zero-order valence-corrected chi connectivity index (χ0v) is 11.8. The molecule has 0 aliphatic heterocycles. The second-order valence-corrected chi connectivity index (χ2v) is 5.02. The smallest absolute Gasteiger partial charge is 0.135 e. The van der Waals surface area contributed by atoms with Crippen molar-refractivity contribution in [1.29, 1.82) is 0 Å². The van der Waals surface area contributed by atoms with Gasteiger partial charge in [-0.15, -0.1) is 5.10 Å². The molecule has 0 aliphatic rings. The van der Waals surface area contributed by atoms with Crippen LogP contribution in [0.4, 0.5) is 5.00 Å². The standard InChI is InChI=1S/C12H23N3OS/c1-4-5-6-7-8-10(2)16-9-11-12(13-3)17-15-14-11/h10,13H,4-9H2,1-3H3. The highest BCUT2D eigenvalue weighted by atomic mass is 32.1. The Labute approximate surface area is 108 Å². The Hall–Kier alpha value is -0.680. The van der Waals surface area contributed by atoms with Crippen LogP contribution in [0.25, 0.3) is 0 Å². The summed E-state index contributed by atoms with van der Waals surface area (Å²) in [7, 11) is 1.88. The molecule has 5 heteroatoms. The van der Waals surface area contributed by atoms with Crippen molar-refractivity contribution >= 4 is 16.5 Å². The first-order valence-corrected chi connectivity index (χ1v) is 7.15. The van der Waals surface area contributed by atoms with Gasteiger partial charge in [-0.05, 0) is 13.3 Å². The van der Waals surface area contributed by atoms with Gasteiger partial charge in [0.15, 0.2) is 0 Å². The monoisotopic (exact) mass is 257 g/mol. The van der Waals surface area contributed by atoms with Crippen molar-refractivity contribution in [2.24, 2.45) is 0 Å². The minimum absolute atomic E-state index is 0.304. The third-order valence-corrected chi connectivity index (χ3v) is 3.54. The average molecular weight is 257 g/mol. The number of rotatable bonds is 9. The second kappa shape index (κ2) is 8.42. The van der Waals surface area contributed by atoms with Crippen LogP contribution in [0.3, 0.4) is 0 Å². The molecular formula is C12H23N3OS. The van der Waals surface area contributed by atoms with Gasteiger partial charge in [-0.2, -0.15) is 0 Å². The normalized spacial score (nSPS) is 12.6. The lowest BCUT2D eigenvalue weighted by Gasteiger charge is -2.12.